The molecule has 1 N–H and O–H groups in total. The summed E-state index contributed by atoms with van der Waals surface area (Å²) in [5.41, 5.74) is 3.88. The first-order chi connectivity index (χ1) is 9.78. The van der Waals surface area contributed by atoms with Crippen LogP contribution in [-0.4, -0.2) is 11.5 Å². The van der Waals surface area contributed by atoms with Crippen molar-refractivity contribution in [2.75, 3.05) is 6.54 Å². The Hall–Kier alpha value is -1.19. The lowest BCUT2D eigenvalue weighted by Gasteiger charge is -2.22. The van der Waals surface area contributed by atoms with Crippen LogP contribution in [0.2, 0.25) is 0 Å². The Kier molecular flexibility index (Phi) is 4.18. The molecule has 1 aliphatic carbocycles. The van der Waals surface area contributed by atoms with Crippen LogP contribution in [0.4, 0.5) is 0 Å². The predicted molar refractivity (Wildman–Crippen MR) is 86.3 cm³/mol. The summed E-state index contributed by atoms with van der Waals surface area (Å²) in [5.74, 6) is 0. The van der Waals surface area contributed by atoms with Gasteiger partial charge >= 0.3 is 0 Å². The summed E-state index contributed by atoms with van der Waals surface area (Å²) in [5, 5.41) is 4.83. The molecule has 1 aromatic carbocycles. The Morgan fingerprint density at radius 1 is 1.40 bits per heavy atom. The molecule has 3 rings (SSSR count). The molecule has 3 heteroatoms. The third-order valence-corrected chi connectivity index (χ3v) is 5.04. The maximum absolute atomic E-state index is 4.95. The number of aromatic nitrogens is 1. The van der Waals surface area contributed by atoms with Crippen LogP contribution in [0, 0.1) is 6.92 Å². The molecule has 1 aromatic heterocycles. The highest BCUT2D eigenvalue weighted by atomic mass is 32.1. The molecule has 0 bridgehead atoms. The van der Waals surface area contributed by atoms with Gasteiger partial charge in [0.15, 0.2) is 0 Å². The SMILES string of the molecule is CCCNC1CCCc2sc(-c3cccc(C)c3)nc21. The smallest absolute Gasteiger partial charge is 0.123 e. The van der Waals surface area contributed by atoms with Gasteiger partial charge in [-0.1, -0.05) is 30.7 Å². The molecule has 1 atom stereocenters. The van der Waals surface area contributed by atoms with Crippen molar-refractivity contribution in [3.63, 3.8) is 0 Å². The maximum Gasteiger partial charge on any atom is 0.123 e. The average Bonchev–Trinajstić information content (AvgIpc) is 2.89. The molecule has 0 aliphatic heterocycles. The number of aryl methyl sites for hydroxylation is 2. The van der Waals surface area contributed by atoms with Gasteiger partial charge in [-0.25, -0.2) is 4.98 Å². The minimum atomic E-state index is 0.466. The lowest BCUT2D eigenvalue weighted by Crippen LogP contribution is -2.25. The molecule has 0 saturated heterocycles. The molecule has 1 heterocycles. The topological polar surface area (TPSA) is 24.9 Å². The van der Waals surface area contributed by atoms with Gasteiger partial charge in [0.2, 0.25) is 0 Å². The summed E-state index contributed by atoms with van der Waals surface area (Å²) >= 11 is 1.88. The number of nitrogens with one attached hydrogen (secondary N) is 1. The highest BCUT2D eigenvalue weighted by Crippen LogP contribution is 2.37. The summed E-state index contributed by atoms with van der Waals surface area (Å²) in [6.07, 6.45) is 4.89. The zero-order chi connectivity index (χ0) is 13.9. The van der Waals surface area contributed by atoms with Crippen LogP contribution in [0.5, 0.6) is 0 Å². The lowest BCUT2D eigenvalue weighted by atomic mass is 9.97. The molecule has 0 spiro atoms. The molecular formula is C17H22N2S. The third-order valence-electron chi connectivity index (χ3n) is 3.86. The molecule has 0 saturated carbocycles. The van der Waals surface area contributed by atoms with Gasteiger partial charge in [-0.3, -0.25) is 0 Å². The number of thiazole rings is 1. The Labute approximate surface area is 125 Å². The highest BCUT2D eigenvalue weighted by Gasteiger charge is 2.24. The Morgan fingerprint density at radius 2 is 2.30 bits per heavy atom. The van der Waals surface area contributed by atoms with Crippen molar-refractivity contribution in [3.05, 3.63) is 40.4 Å². The zero-order valence-corrected chi connectivity index (χ0v) is 13.1. The van der Waals surface area contributed by atoms with Gasteiger partial charge in [0.25, 0.3) is 0 Å². The first-order valence-electron chi connectivity index (χ1n) is 7.58. The molecule has 1 unspecified atom stereocenters. The van der Waals surface area contributed by atoms with Crippen molar-refractivity contribution in [1.82, 2.24) is 10.3 Å². The zero-order valence-electron chi connectivity index (χ0n) is 12.3. The summed E-state index contributed by atoms with van der Waals surface area (Å²) in [6, 6.07) is 9.14. The van der Waals surface area contributed by atoms with Gasteiger partial charge in [-0.2, -0.15) is 0 Å². The van der Waals surface area contributed by atoms with Gasteiger partial charge in [0, 0.05) is 10.4 Å². The molecule has 0 radical (unpaired) electrons. The fraction of sp³-hybridized carbons (Fsp3) is 0.471. The van der Waals surface area contributed by atoms with Gasteiger partial charge in [-0.15, -0.1) is 11.3 Å². The van der Waals surface area contributed by atoms with Crippen LogP contribution in [0.1, 0.15) is 48.4 Å². The highest BCUT2D eigenvalue weighted by molar-refractivity contribution is 7.15. The van der Waals surface area contributed by atoms with Crippen LogP contribution in [0.3, 0.4) is 0 Å². The molecule has 0 amide bonds. The van der Waals surface area contributed by atoms with E-state index in [4.69, 9.17) is 4.98 Å². The largest absolute Gasteiger partial charge is 0.309 e. The Morgan fingerprint density at radius 3 is 3.10 bits per heavy atom. The Bertz CT molecular complexity index is 588. The monoisotopic (exact) mass is 286 g/mol. The maximum atomic E-state index is 4.95. The number of rotatable bonds is 4. The number of fused-ring (bicyclic) bond motifs is 1. The van der Waals surface area contributed by atoms with Crippen molar-refractivity contribution in [2.24, 2.45) is 0 Å². The van der Waals surface area contributed by atoms with E-state index < -0.39 is 0 Å². The van der Waals surface area contributed by atoms with E-state index in [1.807, 2.05) is 11.3 Å². The summed E-state index contributed by atoms with van der Waals surface area (Å²) < 4.78 is 0. The van der Waals surface area contributed by atoms with Crippen LogP contribution in [-0.2, 0) is 6.42 Å². The quantitative estimate of drug-likeness (QED) is 0.895. The Balaban J connectivity index is 1.91. The van der Waals surface area contributed by atoms with Crippen LogP contribution >= 0.6 is 11.3 Å². The fourth-order valence-corrected chi connectivity index (χ4v) is 4.00. The normalized spacial score (nSPS) is 18.0. The van der Waals surface area contributed by atoms with E-state index in [1.165, 1.54) is 52.4 Å². The summed E-state index contributed by atoms with van der Waals surface area (Å²) in [7, 11) is 0. The van der Waals surface area contributed by atoms with Gasteiger partial charge in [0.1, 0.15) is 5.01 Å². The van der Waals surface area contributed by atoms with Crippen molar-refractivity contribution in [3.8, 4) is 10.6 Å². The summed E-state index contributed by atoms with van der Waals surface area (Å²) in [4.78, 5) is 6.44. The minimum absolute atomic E-state index is 0.466. The van der Waals surface area contributed by atoms with Crippen molar-refractivity contribution in [1.29, 1.82) is 0 Å². The third kappa shape index (κ3) is 2.79. The van der Waals surface area contributed by atoms with Crippen LogP contribution in [0.15, 0.2) is 24.3 Å². The first kappa shape index (κ1) is 13.8. The number of nitrogens with zero attached hydrogens (tertiary/aromatic N) is 1. The lowest BCUT2D eigenvalue weighted by molar-refractivity contribution is 0.454. The van der Waals surface area contributed by atoms with E-state index in [9.17, 15) is 0 Å². The molecular weight excluding hydrogens is 264 g/mol. The molecule has 20 heavy (non-hydrogen) atoms. The number of benzene rings is 1. The minimum Gasteiger partial charge on any atom is -0.309 e. The molecule has 2 nitrogen and oxygen atoms in total. The number of hydrogen-bond acceptors (Lipinski definition) is 3. The average molecular weight is 286 g/mol. The molecule has 1 aliphatic rings. The standard InChI is InChI=1S/C17H22N2S/c1-3-10-18-14-8-5-9-15-16(14)19-17(20-15)13-7-4-6-12(2)11-13/h4,6-7,11,14,18H,3,5,8-10H2,1-2H3. The van der Waals surface area contributed by atoms with E-state index >= 15 is 0 Å². The van der Waals surface area contributed by atoms with Crippen LogP contribution < -0.4 is 5.32 Å². The first-order valence-corrected chi connectivity index (χ1v) is 8.39. The summed E-state index contributed by atoms with van der Waals surface area (Å²) in [6.45, 7) is 5.44. The second-order valence-electron chi connectivity index (χ2n) is 5.60. The second kappa shape index (κ2) is 6.06. The van der Waals surface area contributed by atoms with Crippen molar-refractivity contribution in [2.45, 2.75) is 45.6 Å². The number of hydrogen-bond donors (Lipinski definition) is 1. The van der Waals surface area contributed by atoms with Crippen molar-refractivity contribution < 1.29 is 0 Å². The van der Waals surface area contributed by atoms with E-state index in [-0.39, 0.29) is 0 Å². The van der Waals surface area contributed by atoms with E-state index in [0.717, 1.165) is 6.54 Å². The van der Waals surface area contributed by atoms with Crippen molar-refractivity contribution >= 4 is 11.3 Å². The molecule has 0 fully saturated rings. The molecule has 2 aromatic rings. The van der Waals surface area contributed by atoms with E-state index in [2.05, 4.69) is 43.4 Å². The van der Waals surface area contributed by atoms with Crippen LogP contribution in [0.25, 0.3) is 10.6 Å². The van der Waals surface area contributed by atoms with E-state index in [1.54, 1.807) is 0 Å². The second-order valence-corrected chi connectivity index (χ2v) is 6.68. The van der Waals surface area contributed by atoms with Gasteiger partial charge in [-0.05, 0) is 45.2 Å². The van der Waals surface area contributed by atoms with E-state index in [0.29, 0.717) is 6.04 Å². The predicted octanol–water partition coefficient (Wildman–Crippen LogP) is 4.50. The molecule has 106 valence electrons. The van der Waals surface area contributed by atoms with Gasteiger partial charge in [0.05, 0.1) is 11.7 Å². The van der Waals surface area contributed by atoms with Gasteiger partial charge < -0.3 is 5.32 Å². The fourth-order valence-electron chi connectivity index (χ4n) is 2.84.